The van der Waals surface area contributed by atoms with E-state index in [-0.39, 0.29) is 12.6 Å². The van der Waals surface area contributed by atoms with Crippen molar-refractivity contribution < 1.29 is 13.9 Å². The smallest absolute Gasteiger partial charge is 0.231 e. The third kappa shape index (κ3) is 3.28. The Balaban J connectivity index is 1.58. The molecular weight excluding hydrogens is 319 g/mol. The molecule has 0 radical (unpaired) electrons. The van der Waals surface area contributed by atoms with Crippen molar-refractivity contribution in [1.29, 1.82) is 0 Å². The highest BCUT2D eigenvalue weighted by Gasteiger charge is 2.15. The van der Waals surface area contributed by atoms with Crippen LogP contribution in [0.4, 0.5) is 4.39 Å². The Morgan fingerprint density at radius 3 is 2.84 bits per heavy atom. The first-order chi connectivity index (χ1) is 12.2. The average Bonchev–Trinajstić information content (AvgIpc) is 3.08. The summed E-state index contributed by atoms with van der Waals surface area (Å²) in [7, 11) is 0. The highest BCUT2D eigenvalue weighted by Crippen LogP contribution is 2.33. The fourth-order valence-electron chi connectivity index (χ4n) is 3.17. The molecule has 0 bridgehead atoms. The van der Waals surface area contributed by atoms with Crippen LogP contribution >= 0.6 is 0 Å². The molecule has 0 fully saturated rings. The quantitative estimate of drug-likeness (QED) is 0.701. The Hall–Kier alpha value is -2.66. The van der Waals surface area contributed by atoms with Crippen molar-refractivity contribution in [3.8, 4) is 11.5 Å². The lowest BCUT2D eigenvalue weighted by Crippen LogP contribution is -2.22. The molecule has 25 heavy (non-hydrogen) atoms. The van der Waals surface area contributed by atoms with E-state index in [2.05, 4.69) is 16.8 Å². The first-order valence-electron chi connectivity index (χ1n) is 8.37. The number of hydrogen-bond donors (Lipinski definition) is 0. The van der Waals surface area contributed by atoms with Crippen LogP contribution in [-0.2, 0) is 13.1 Å². The van der Waals surface area contributed by atoms with Crippen molar-refractivity contribution in [3.05, 3.63) is 65.6 Å². The summed E-state index contributed by atoms with van der Waals surface area (Å²) in [5, 5.41) is 0.830. The molecule has 1 aliphatic heterocycles. The molecule has 0 atom stereocenters. The van der Waals surface area contributed by atoms with Crippen molar-refractivity contribution >= 4 is 10.9 Å². The summed E-state index contributed by atoms with van der Waals surface area (Å²) >= 11 is 0. The number of hydrogen-bond acceptors (Lipinski definition) is 4. The van der Waals surface area contributed by atoms with E-state index in [4.69, 9.17) is 9.47 Å². The van der Waals surface area contributed by atoms with E-state index >= 15 is 0 Å². The summed E-state index contributed by atoms with van der Waals surface area (Å²) in [6, 6.07) is 12.8. The van der Waals surface area contributed by atoms with Gasteiger partial charge < -0.3 is 9.47 Å². The number of halogens is 1. The molecule has 4 nitrogen and oxygen atoms in total. The minimum Gasteiger partial charge on any atom is -0.454 e. The fraction of sp³-hybridized carbons (Fsp3) is 0.250. The lowest BCUT2D eigenvalue weighted by atomic mass is 10.1. The second-order valence-electron chi connectivity index (χ2n) is 6.13. The fourth-order valence-corrected chi connectivity index (χ4v) is 3.17. The minimum absolute atomic E-state index is 0.227. The molecule has 0 spiro atoms. The third-order valence-corrected chi connectivity index (χ3v) is 4.43. The zero-order chi connectivity index (χ0) is 17.2. The predicted molar refractivity (Wildman–Crippen MR) is 94.1 cm³/mol. The molecule has 0 saturated carbocycles. The summed E-state index contributed by atoms with van der Waals surface area (Å²) in [4.78, 5) is 6.68. The Morgan fingerprint density at radius 1 is 1.08 bits per heavy atom. The van der Waals surface area contributed by atoms with Gasteiger partial charge >= 0.3 is 0 Å². The van der Waals surface area contributed by atoms with Gasteiger partial charge in [-0.1, -0.05) is 19.1 Å². The molecule has 2 heterocycles. The minimum atomic E-state index is -0.227. The van der Waals surface area contributed by atoms with Gasteiger partial charge in [-0.2, -0.15) is 0 Å². The summed E-state index contributed by atoms with van der Waals surface area (Å²) in [6.45, 7) is 4.60. The number of nitrogens with zero attached hydrogens (tertiary/aromatic N) is 2. The summed E-state index contributed by atoms with van der Waals surface area (Å²) in [6.07, 6.45) is 1.75. The van der Waals surface area contributed by atoms with Crippen molar-refractivity contribution in [1.82, 2.24) is 9.88 Å². The van der Waals surface area contributed by atoms with Crippen molar-refractivity contribution in [3.63, 3.8) is 0 Å². The average molecular weight is 338 g/mol. The number of benzene rings is 2. The number of aromatic nitrogens is 1. The Morgan fingerprint density at radius 2 is 1.96 bits per heavy atom. The monoisotopic (exact) mass is 338 g/mol. The standard InChI is InChI=1S/C20H19FN2O2/c1-2-23(11-14-5-6-18-19(8-14)25-13-24-18)12-16-10-17(21)9-15-4-3-7-22-20(15)16/h3-10H,2,11-13H2,1H3. The molecule has 0 N–H and O–H groups in total. The number of rotatable bonds is 5. The van der Waals surface area contributed by atoms with Gasteiger partial charge in [0.05, 0.1) is 5.52 Å². The normalized spacial score (nSPS) is 12.9. The van der Waals surface area contributed by atoms with Gasteiger partial charge in [-0.25, -0.2) is 4.39 Å². The highest BCUT2D eigenvalue weighted by molar-refractivity contribution is 5.81. The van der Waals surface area contributed by atoms with Gasteiger partial charge in [0.1, 0.15) is 5.82 Å². The van der Waals surface area contributed by atoms with Crippen molar-refractivity contribution in [2.75, 3.05) is 13.3 Å². The SMILES string of the molecule is CCN(Cc1ccc2c(c1)OCO2)Cc1cc(F)cc2cccnc12. The van der Waals surface area contributed by atoms with Crippen LogP contribution in [0, 0.1) is 5.82 Å². The Labute approximate surface area is 145 Å². The lowest BCUT2D eigenvalue weighted by Gasteiger charge is -2.21. The Bertz CT molecular complexity index is 913. The van der Waals surface area contributed by atoms with Crippen LogP contribution in [0.1, 0.15) is 18.1 Å². The van der Waals surface area contributed by atoms with Gasteiger partial charge in [0.15, 0.2) is 11.5 Å². The summed E-state index contributed by atoms with van der Waals surface area (Å²) in [5.74, 6) is 1.34. The van der Waals surface area contributed by atoms with Gasteiger partial charge in [0.2, 0.25) is 6.79 Å². The van der Waals surface area contributed by atoms with Gasteiger partial charge in [-0.3, -0.25) is 9.88 Å². The zero-order valence-electron chi connectivity index (χ0n) is 14.0. The molecule has 0 aliphatic carbocycles. The molecule has 0 saturated heterocycles. The second kappa shape index (κ2) is 6.69. The van der Waals surface area contributed by atoms with Gasteiger partial charge in [0.25, 0.3) is 0 Å². The number of fused-ring (bicyclic) bond motifs is 2. The predicted octanol–water partition coefficient (Wildman–Crippen LogP) is 4.12. The Kier molecular flexibility index (Phi) is 4.24. The lowest BCUT2D eigenvalue weighted by molar-refractivity contribution is 0.174. The summed E-state index contributed by atoms with van der Waals surface area (Å²) in [5.41, 5.74) is 2.89. The molecular formula is C20H19FN2O2. The zero-order valence-corrected chi connectivity index (χ0v) is 14.0. The topological polar surface area (TPSA) is 34.6 Å². The van der Waals surface area contributed by atoms with Crippen LogP contribution in [0.15, 0.2) is 48.7 Å². The maximum Gasteiger partial charge on any atom is 0.231 e. The maximum atomic E-state index is 14.0. The van der Waals surface area contributed by atoms with Gasteiger partial charge in [-0.15, -0.1) is 0 Å². The second-order valence-corrected chi connectivity index (χ2v) is 6.13. The van der Waals surface area contributed by atoms with Crippen LogP contribution in [0.25, 0.3) is 10.9 Å². The van der Waals surface area contributed by atoms with Crippen molar-refractivity contribution in [2.24, 2.45) is 0 Å². The van der Waals surface area contributed by atoms with Crippen LogP contribution in [-0.4, -0.2) is 23.2 Å². The van der Waals surface area contributed by atoms with Gasteiger partial charge in [0, 0.05) is 24.7 Å². The van der Waals surface area contributed by atoms with E-state index < -0.39 is 0 Å². The van der Waals surface area contributed by atoms with E-state index in [1.807, 2.05) is 30.3 Å². The molecule has 0 amide bonds. The van der Waals surface area contributed by atoms with Crippen LogP contribution in [0.2, 0.25) is 0 Å². The summed E-state index contributed by atoms with van der Waals surface area (Å²) < 4.78 is 24.8. The molecule has 5 heteroatoms. The number of ether oxygens (including phenoxy) is 2. The molecule has 4 rings (SSSR count). The molecule has 2 aromatic carbocycles. The van der Waals surface area contributed by atoms with Gasteiger partial charge in [-0.05, 0) is 48.0 Å². The molecule has 1 aromatic heterocycles. The number of pyridine rings is 1. The van der Waals surface area contributed by atoms with E-state index in [0.29, 0.717) is 6.54 Å². The maximum absolute atomic E-state index is 14.0. The third-order valence-electron chi connectivity index (χ3n) is 4.43. The largest absolute Gasteiger partial charge is 0.454 e. The van der Waals surface area contributed by atoms with Crippen LogP contribution in [0.5, 0.6) is 11.5 Å². The van der Waals surface area contributed by atoms with E-state index in [1.54, 1.807) is 12.3 Å². The van der Waals surface area contributed by atoms with Crippen LogP contribution < -0.4 is 9.47 Å². The van der Waals surface area contributed by atoms with E-state index in [0.717, 1.165) is 46.6 Å². The first kappa shape index (κ1) is 15.8. The first-order valence-corrected chi connectivity index (χ1v) is 8.37. The molecule has 128 valence electrons. The molecule has 3 aromatic rings. The highest BCUT2D eigenvalue weighted by atomic mass is 19.1. The molecule has 1 aliphatic rings. The van der Waals surface area contributed by atoms with Crippen molar-refractivity contribution in [2.45, 2.75) is 20.0 Å². The molecule has 0 unspecified atom stereocenters. The van der Waals surface area contributed by atoms with Crippen LogP contribution in [0.3, 0.4) is 0 Å². The van der Waals surface area contributed by atoms with E-state index in [1.165, 1.54) is 6.07 Å². The van der Waals surface area contributed by atoms with E-state index in [9.17, 15) is 4.39 Å².